The van der Waals surface area contributed by atoms with E-state index in [0.29, 0.717) is 12.4 Å². The van der Waals surface area contributed by atoms with E-state index in [9.17, 15) is 0 Å². The summed E-state index contributed by atoms with van der Waals surface area (Å²) in [5, 5.41) is 3.28. The number of hydrogen-bond donors (Lipinski definition) is 1. The van der Waals surface area contributed by atoms with Crippen molar-refractivity contribution in [2.24, 2.45) is 9.98 Å². The number of nitrogens with one attached hydrogen (secondary N) is 1. The number of aliphatic imine (C=N–C) groups is 2. The smallest absolute Gasteiger partial charge is 0.149 e. The molecule has 2 aromatic rings. The highest BCUT2D eigenvalue weighted by Gasteiger charge is 2.08. The lowest BCUT2D eigenvalue weighted by Crippen LogP contribution is -2.25. The fourth-order valence-electron chi connectivity index (χ4n) is 1.76. The van der Waals surface area contributed by atoms with E-state index in [1.165, 1.54) is 5.56 Å². The van der Waals surface area contributed by atoms with E-state index < -0.39 is 0 Å². The molecule has 19 heavy (non-hydrogen) atoms. The van der Waals surface area contributed by atoms with E-state index in [1.54, 1.807) is 13.2 Å². The minimum atomic E-state index is 0.695. The predicted octanol–water partition coefficient (Wildman–Crippen LogP) is 2.58. The Morgan fingerprint density at radius 2 is 2.00 bits per heavy atom. The maximum Gasteiger partial charge on any atom is 0.149 e. The van der Waals surface area contributed by atoms with Crippen molar-refractivity contribution in [3.8, 4) is 0 Å². The minimum absolute atomic E-state index is 0.695. The molecule has 0 aliphatic carbocycles. The number of benzene rings is 1. The first kappa shape index (κ1) is 13.0. The van der Waals surface area contributed by atoms with E-state index in [1.807, 2.05) is 30.3 Å². The van der Waals surface area contributed by atoms with Gasteiger partial charge in [-0.15, -0.1) is 0 Å². The third kappa shape index (κ3) is 3.25. The van der Waals surface area contributed by atoms with Gasteiger partial charge in [0, 0.05) is 19.8 Å². The standard InChI is InChI=1S/C15H16N4/c1-16-13-9-6-10-18-14(13)15(17-2)19-11-12-7-4-3-5-8-12/h3-10H,1,11H2,2H3,(H,17,19). The van der Waals surface area contributed by atoms with Crippen LogP contribution in [0.3, 0.4) is 0 Å². The van der Waals surface area contributed by atoms with Gasteiger partial charge in [-0.3, -0.25) is 15.0 Å². The lowest BCUT2D eigenvalue weighted by molar-refractivity contribution is 0.906. The Morgan fingerprint density at radius 1 is 1.21 bits per heavy atom. The second-order valence-electron chi connectivity index (χ2n) is 3.94. The molecule has 1 N–H and O–H groups in total. The first-order valence-electron chi connectivity index (χ1n) is 6.02. The van der Waals surface area contributed by atoms with Crippen molar-refractivity contribution in [2.75, 3.05) is 7.05 Å². The quantitative estimate of drug-likeness (QED) is 0.671. The van der Waals surface area contributed by atoms with Crippen LogP contribution in [-0.2, 0) is 6.54 Å². The fraction of sp³-hybridized carbons (Fsp3) is 0.133. The molecule has 96 valence electrons. The van der Waals surface area contributed by atoms with Crippen LogP contribution in [0.4, 0.5) is 5.69 Å². The highest BCUT2D eigenvalue weighted by molar-refractivity contribution is 6.01. The molecular weight excluding hydrogens is 236 g/mol. The minimum Gasteiger partial charge on any atom is -0.364 e. The predicted molar refractivity (Wildman–Crippen MR) is 79.2 cm³/mol. The summed E-state index contributed by atoms with van der Waals surface area (Å²) in [6.07, 6.45) is 1.72. The summed E-state index contributed by atoms with van der Waals surface area (Å²) in [5.74, 6) is 0.715. The van der Waals surface area contributed by atoms with Crippen LogP contribution in [0.5, 0.6) is 0 Å². The lowest BCUT2D eigenvalue weighted by Gasteiger charge is -2.10. The number of aromatic nitrogens is 1. The summed E-state index contributed by atoms with van der Waals surface area (Å²) in [4.78, 5) is 12.5. The zero-order chi connectivity index (χ0) is 13.5. The van der Waals surface area contributed by atoms with Crippen LogP contribution in [0.15, 0.2) is 58.6 Å². The molecule has 0 aliphatic rings. The molecule has 2 rings (SSSR count). The Kier molecular flexibility index (Phi) is 4.39. The van der Waals surface area contributed by atoms with Gasteiger partial charge in [0.2, 0.25) is 0 Å². The van der Waals surface area contributed by atoms with Crippen molar-refractivity contribution < 1.29 is 0 Å². The highest BCUT2D eigenvalue weighted by atomic mass is 15.0. The summed E-state index contributed by atoms with van der Waals surface area (Å²) < 4.78 is 0. The molecule has 0 saturated carbocycles. The molecule has 1 aromatic heterocycles. The Morgan fingerprint density at radius 3 is 2.68 bits per heavy atom. The normalized spacial score (nSPS) is 11.1. The van der Waals surface area contributed by atoms with Crippen LogP contribution in [0.2, 0.25) is 0 Å². The van der Waals surface area contributed by atoms with Crippen LogP contribution >= 0.6 is 0 Å². The van der Waals surface area contributed by atoms with Crippen molar-refractivity contribution >= 4 is 18.2 Å². The van der Waals surface area contributed by atoms with Gasteiger partial charge in [-0.05, 0) is 24.4 Å². The van der Waals surface area contributed by atoms with E-state index >= 15 is 0 Å². The molecule has 0 amide bonds. The third-order valence-corrected chi connectivity index (χ3v) is 2.71. The van der Waals surface area contributed by atoms with Gasteiger partial charge in [-0.1, -0.05) is 30.3 Å². The largest absolute Gasteiger partial charge is 0.364 e. The molecule has 0 aliphatic heterocycles. The van der Waals surface area contributed by atoms with Crippen molar-refractivity contribution in [3.63, 3.8) is 0 Å². The summed E-state index contributed by atoms with van der Waals surface area (Å²) >= 11 is 0. The topological polar surface area (TPSA) is 49.6 Å². The van der Waals surface area contributed by atoms with Crippen LogP contribution in [0.25, 0.3) is 0 Å². The SMILES string of the molecule is C=Nc1cccnc1/C(=N\C)NCc1ccccc1. The second kappa shape index (κ2) is 6.44. The Balaban J connectivity index is 2.15. The Bertz CT molecular complexity index is 576. The molecule has 0 unspecified atom stereocenters. The number of hydrogen-bond acceptors (Lipinski definition) is 3. The van der Waals surface area contributed by atoms with Crippen molar-refractivity contribution in [1.82, 2.24) is 10.3 Å². The zero-order valence-corrected chi connectivity index (χ0v) is 10.9. The Hall–Kier alpha value is -2.49. The van der Waals surface area contributed by atoms with Gasteiger partial charge in [-0.25, -0.2) is 0 Å². The van der Waals surface area contributed by atoms with E-state index in [2.05, 4.69) is 39.1 Å². The van der Waals surface area contributed by atoms with Crippen LogP contribution < -0.4 is 5.32 Å². The number of nitrogens with zero attached hydrogens (tertiary/aromatic N) is 3. The van der Waals surface area contributed by atoms with Gasteiger partial charge < -0.3 is 5.32 Å². The number of pyridine rings is 1. The molecule has 0 saturated heterocycles. The molecule has 4 heteroatoms. The van der Waals surface area contributed by atoms with E-state index in [0.717, 1.165) is 11.4 Å². The first-order chi connectivity index (χ1) is 9.35. The van der Waals surface area contributed by atoms with E-state index in [-0.39, 0.29) is 0 Å². The average Bonchev–Trinajstić information content (AvgIpc) is 2.49. The summed E-state index contributed by atoms with van der Waals surface area (Å²) in [6, 6.07) is 13.8. The molecule has 4 nitrogen and oxygen atoms in total. The Labute approximate surface area is 113 Å². The molecular formula is C15H16N4. The lowest BCUT2D eigenvalue weighted by atomic mass is 10.2. The molecule has 1 heterocycles. The fourth-order valence-corrected chi connectivity index (χ4v) is 1.76. The average molecular weight is 252 g/mol. The molecule has 0 atom stereocenters. The van der Waals surface area contributed by atoms with Crippen LogP contribution in [0, 0.1) is 0 Å². The first-order valence-corrected chi connectivity index (χ1v) is 6.02. The maximum atomic E-state index is 4.31. The van der Waals surface area contributed by atoms with Crippen LogP contribution in [0.1, 0.15) is 11.3 Å². The van der Waals surface area contributed by atoms with Gasteiger partial charge in [0.05, 0.1) is 5.69 Å². The van der Waals surface area contributed by atoms with Crippen molar-refractivity contribution in [1.29, 1.82) is 0 Å². The summed E-state index contributed by atoms with van der Waals surface area (Å²) in [7, 11) is 1.73. The molecule has 0 bridgehead atoms. The highest BCUT2D eigenvalue weighted by Crippen LogP contribution is 2.15. The molecule has 1 aromatic carbocycles. The molecule has 0 fully saturated rings. The number of amidine groups is 1. The van der Waals surface area contributed by atoms with Gasteiger partial charge >= 0.3 is 0 Å². The van der Waals surface area contributed by atoms with Gasteiger partial charge in [-0.2, -0.15) is 0 Å². The monoisotopic (exact) mass is 252 g/mol. The van der Waals surface area contributed by atoms with Gasteiger partial charge in [0.25, 0.3) is 0 Å². The zero-order valence-electron chi connectivity index (χ0n) is 10.9. The second-order valence-corrected chi connectivity index (χ2v) is 3.94. The maximum absolute atomic E-state index is 4.31. The van der Waals surface area contributed by atoms with Crippen molar-refractivity contribution in [2.45, 2.75) is 6.54 Å². The van der Waals surface area contributed by atoms with Crippen molar-refractivity contribution in [3.05, 3.63) is 59.9 Å². The van der Waals surface area contributed by atoms with Crippen LogP contribution in [-0.4, -0.2) is 24.6 Å². The number of rotatable bonds is 4. The van der Waals surface area contributed by atoms with Gasteiger partial charge in [0.1, 0.15) is 11.5 Å². The van der Waals surface area contributed by atoms with Gasteiger partial charge in [0.15, 0.2) is 0 Å². The summed E-state index contributed by atoms with van der Waals surface area (Å²) in [6.45, 7) is 4.25. The third-order valence-electron chi connectivity index (χ3n) is 2.71. The molecule has 0 spiro atoms. The molecule has 0 radical (unpaired) electrons. The summed E-state index contributed by atoms with van der Waals surface area (Å²) in [5.41, 5.74) is 2.63. The van der Waals surface area contributed by atoms with E-state index in [4.69, 9.17) is 0 Å².